The standard InChI is InChI=1S/C22H16Cl2N2O5S/c23-15-5-8-17(9-6-15)25-22(29)19-13-16(24)7-10-20(19)26-32(30,31)18-3-1-2-14(12-18)4-11-21(27)28/h1-13,26H,(H,25,29)(H,27,28)/b11-4+. The van der Waals surface area contributed by atoms with Gasteiger partial charge in [0.1, 0.15) is 0 Å². The van der Waals surface area contributed by atoms with Crippen molar-refractivity contribution in [3.63, 3.8) is 0 Å². The van der Waals surface area contributed by atoms with Gasteiger partial charge in [0.05, 0.1) is 16.1 Å². The number of carbonyl (C=O) groups is 2. The highest BCUT2D eigenvalue weighted by Crippen LogP contribution is 2.25. The average molecular weight is 491 g/mol. The predicted molar refractivity (Wildman–Crippen MR) is 125 cm³/mol. The third-order valence-electron chi connectivity index (χ3n) is 4.16. The van der Waals surface area contributed by atoms with Gasteiger partial charge in [-0.25, -0.2) is 13.2 Å². The van der Waals surface area contributed by atoms with Crippen molar-refractivity contribution in [1.29, 1.82) is 0 Å². The minimum Gasteiger partial charge on any atom is -0.478 e. The Hall–Kier alpha value is -3.33. The highest BCUT2D eigenvalue weighted by molar-refractivity contribution is 7.92. The van der Waals surface area contributed by atoms with E-state index in [1.165, 1.54) is 42.5 Å². The van der Waals surface area contributed by atoms with Gasteiger partial charge in [-0.3, -0.25) is 9.52 Å². The zero-order chi connectivity index (χ0) is 23.3. The second-order valence-electron chi connectivity index (χ2n) is 6.50. The van der Waals surface area contributed by atoms with Crippen molar-refractivity contribution in [1.82, 2.24) is 0 Å². The fraction of sp³-hybridized carbons (Fsp3) is 0. The van der Waals surface area contributed by atoms with E-state index in [0.29, 0.717) is 16.3 Å². The van der Waals surface area contributed by atoms with Crippen LogP contribution in [0.4, 0.5) is 11.4 Å². The van der Waals surface area contributed by atoms with E-state index >= 15 is 0 Å². The van der Waals surface area contributed by atoms with Gasteiger partial charge in [-0.1, -0.05) is 35.3 Å². The molecular formula is C22H16Cl2N2O5S. The van der Waals surface area contributed by atoms with E-state index in [9.17, 15) is 18.0 Å². The van der Waals surface area contributed by atoms with Crippen LogP contribution in [0.3, 0.4) is 0 Å². The summed E-state index contributed by atoms with van der Waals surface area (Å²) in [7, 11) is -4.09. The van der Waals surface area contributed by atoms with Crippen molar-refractivity contribution < 1.29 is 23.1 Å². The second kappa shape index (κ2) is 9.86. The molecular weight excluding hydrogens is 475 g/mol. The SMILES string of the molecule is O=C(O)/C=C/c1cccc(S(=O)(=O)Nc2ccc(Cl)cc2C(=O)Nc2ccc(Cl)cc2)c1. The van der Waals surface area contributed by atoms with Gasteiger partial charge in [-0.15, -0.1) is 0 Å². The van der Waals surface area contributed by atoms with Gasteiger partial charge in [0.25, 0.3) is 15.9 Å². The second-order valence-corrected chi connectivity index (χ2v) is 9.06. The average Bonchev–Trinajstić information content (AvgIpc) is 2.75. The van der Waals surface area contributed by atoms with Crippen molar-refractivity contribution in [2.45, 2.75) is 4.90 Å². The van der Waals surface area contributed by atoms with Crippen LogP contribution in [0, 0.1) is 0 Å². The van der Waals surface area contributed by atoms with Crippen LogP contribution in [0.5, 0.6) is 0 Å². The summed E-state index contributed by atoms with van der Waals surface area (Å²) in [6, 6.07) is 16.3. The Labute approximate surface area is 194 Å². The van der Waals surface area contributed by atoms with Gasteiger partial charge in [-0.2, -0.15) is 0 Å². The van der Waals surface area contributed by atoms with Crippen LogP contribution in [-0.2, 0) is 14.8 Å². The molecule has 32 heavy (non-hydrogen) atoms. The van der Waals surface area contributed by atoms with Crippen LogP contribution in [0.2, 0.25) is 10.0 Å². The van der Waals surface area contributed by atoms with Crippen molar-refractivity contribution in [3.8, 4) is 0 Å². The van der Waals surface area contributed by atoms with Crippen LogP contribution >= 0.6 is 23.2 Å². The van der Waals surface area contributed by atoms with Crippen LogP contribution in [0.25, 0.3) is 6.08 Å². The van der Waals surface area contributed by atoms with E-state index in [4.69, 9.17) is 28.3 Å². The maximum atomic E-state index is 12.9. The zero-order valence-corrected chi connectivity index (χ0v) is 18.6. The van der Waals surface area contributed by atoms with Gasteiger partial charge >= 0.3 is 5.97 Å². The fourth-order valence-corrected chi connectivity index (χ4v) is 4.11. The van der Waals surface area contributed by atoms with E-state index in [2.05, 4.69) is 10.0 Å². The lowest BCUT2D eigenvalue weighted by Gasteiger charge is -2.14. The van der Waals surface area contributed by atoms with E-state index in [1.807, 2.05) is 0 Å². The van der Waals surface area contributed by atoms with Crippen molar-refractivity contribution in [2.24, 2.45) is 0 Å². The third-order valence-corrected chi connectivity index (χ3v) is 6.01. The Bertz CT molecular complexity index is 1310. The molecule has 3 aromatic carbocycles. The van der Waals surface area contributed by atoms with E-state index in [0.717, 1.165) is 6.08 Å². The van der Waals surface area contributed by atoms with E-state index in [1.54, 1.807) is 30.3 Å². The lowest BCUT2D eigenvalue weighted by atomic mass is 10.1. The summed E-state index contributed by atoms with van der Waals surface area (Å²) in [6.45, 7) is 0. The molecule has 0 atom stereocenters. The molecule has 0 spiro atoms. The smallest absolute Gasteiger partial charge is 0.328 e. The monoisotopic (exact) mass is 490 g/mol. The molecule has 0 bridgehead atoms. The quantitative estimate of drug-likeness (QED) is 0.396. The highest BCUT2D eigenvalue weighted by Gasteiger charge is 2.20. The molecule has 0 saturated heterocycles. The molecule has 1 amide bonds. The van der Waals surface area contributed by atoms with E-state index in [-0.39, 0.29) is 21.2 Å². The number of carboxylic acid groups (broad SMARTS) is 1. The minimum absolute atomic E-state index is 0.0120. The summed E-state index contributed by atoms with van der Waals surface area (Å²) >= 11 is 11.9. The molecule has 164 valence electrons. The Balaban J connectivity index is 1.90. The van der Waals surface area contributed by atoms with Gasteiger partial charge in [0.2, 0.25) is 0 Å². The number of sulfonamides is 1. The first-order chi connectivity index (χ1) is 15.1. The number of benzene rings is 3. The number of amides is 1. The Morgan fingerprint density at radius 1 is 0.906 bits per heavy atom. The normalized spacial score (nSPS) is 11.3. The van der Waals surface area contributed by atoms with Crippen LogP contribution in [0.1, 0.15) is 15.9 Å². The Morgan fingerprint density at radius 2 is 1.59 bits per heavy atom. The number of halogens is 2. The fourth-order valence-electron chi connectivity index (χ4n) is 2.68. The number of nitrogens with one attached hydrogen (secondary N) is 2. The summed E-state index contributed by atoms with van der Waals surface area (Å²) in [5, 5.41) is 12.2. The Morgan fingerprint density at radius 3 is 2.28 bits per heavy atom. The van der Waals surface area contributed by atoms with Crippen LogP contribution in [-0.4, -0.2) is 25.4 Å². The molecule has 3 N–H and O–H groups in total. The molecule has 0 aliphatic carbocycles. The van der Waals surface area contributed by atoms with Crippen molar-refractivity contribution in [2.75, 3.05) is 10.0 Å². The summed E-state index contributed by atoms with van der Waals surface area (Å²) < 4.78 is 28.2. The van der Waals surface area contributed by atoms with E-state index < -0.39 is 21.9 Å². The summed E-state index contributed by atoms with van der Waals surface area (Å²) in [4.78, 5) is 23.4. The van der Waals surface area contributed by atoms with Gasteiger partial charge < -0.3 is 10.4 Å². The molecule has 0 aromatic heterocycles. The van der Waals surface area contributed by atoms with Gasteiger partial charge in [0, 0.05) is 21.8 Å². The summed E-state index contributed by atoms with van der Waals surface area (Å²) in [5.74, 6) is -1.74. The molecule has 0 fully saturated rings. The Kier molecular flexibility index (Phi) is 7.19. The highest BCUT2D eigenvalue weighted by atomic mass is 35.5. The van der Waals surface area contributed by atoms with Crippen LogP contribution < -0.4 is 10.0 Å². The molecule has 3 aromatic rings. The number of aliphatic carboxylic acids is 1. The van der Waals surface area contributed by atoms with Gasteiger partial charge in [-0.05, 0) is 66.2 Å². The zero-order valence-electron chi connectivity index (χ0n) is 16.2. The molecule has 0 unspecified atom stereocenters. The number of rotatable bonds is 7. The van der Waals surface area contributed by atoms with Crippen molar-refractivity contribution >= 4 is 62.6 Å². The predicted octanol–water partition coefficient (Wildman–Crippen LogP) is 5.14. The number of carbonyl (C=O) groups excluding carboxylic acids is 1. The van der Waals surface area contributed by atoms with Crippen molar-refractivity contribution in [3.05, 3.63) is 94.0 Å². The summed E-state index contributed by atoms with van der Waals surface area (Å²) in [5.41, 5.74) is 0.878. The lowest BCUT2D eigenvalue weighted by Crippen LogP contribution is -2.18. The lowest BCUT2D eigenvalue weighted by molar-refractivity contribution is -0.131. The maximum absolute atomic E-state index is 12.9. The summed E-state index contributed by atoms with van der Waals surface area (Å²) in [6.07, 6.45) is 2.17. The van der Waals surface area contributed by atoms with Crippen LogP contribution in [0.15, 0.2) is 77.7 Å². The molecule has 0 heterocycles. The minimum atomic E-state index is -4.09. The van der Waals surface area contributed by atoms with Gasteiger partial charge in [0.15, 0.2) is 0 Å². The maximum Gasteiger partial charge on any atom is 0.328 e. The number of anilines is 2. The number of hydrogen-bond acceptors (Lipinski definition) is 4. The molecule has 7 nitrogen and oxygen atoms in total. The molecule has 10 heteroatoms. The molecule has 3 rings (SSSR count). The number of hydrogen-bond donors (Lipinski definition) is 3. The number of carboxylic acids is 1. The topological polar surface area (TPSA) is 113 Å². The molecule has 0 radical (unpaired) electrons. The third kappa shape index (κ3) is 6.10. The largest absolute Gasteiger partial charge is 0.478 e. The first-order valence-electron chi connectivity index (χ1n) is 9.04. The molecule has 0 aliphatic heterocycles. The first-order valence-corrected chi connectivity index (χ1v) is 11.3. The first kappa shape index (κ1) is 23.3. The molecule has 0 aliphatic rings. The molecule has 0 saturated carbocycles.